The van der Waals surface area contributed by atoms with Crippen LogP contribution in [0, 0.1) is 6.92 Å². The molecule has 1 N–H and O–H groups in total. The van der Waals surface area contributed by atoms with Crippen molar-refractivity contribution < 1.29 is 9.53 Å². The number of rotatable bonds is 6. The molecule has 7 heteroatoms. The van der Waals surface area contributed by atoms with Gasteiger partial charge in [-0.1, -0.05) is 23.7 Å². The Kier molecular flexibility index (Phi) is 6.14. The van der Waals surface area contributed by atoms with E-state index in [1.165, 1.54) is 12.8 Å². The number of benzene rings is 2. The van der Waals surface area contributed by atoms with E-state index in [-0.39, 0.29) is 12.5 Å². The maximum atomic E-state index is 12.3. The SMILES string of the molecule is Cc1cc(OCC(=O)Nc2cccc(-c3ccc(N4CCCC4)nn3)c2)ccc1Cl. The van der Waals surface area contributed by atoms with Gasteiger partial charge in [0.05, 0.1) is 5.69 Å². The number of nitrogens with one attached hydrogen (secondary N) is 1. The third-order valence-corrected chi connectivity index (χ3v) is 5.45. The summed E-state index contributed by atoms with van der Waals surface area (Å²) in [6.07, 6.45) is 2.40. The van der Waals surface area contributed by atoms with E-state index in [0.29, 0.717) is 16.5 Å². The second-order valence-electron chi connectivity index (χ2n) is 7.30. The van der Waals surface area contributed by atoms with Gasteiger partial charge >= 0.3 is 0 Å². The second kappa shape index (κ2) is 9.13. The van der Waals surface area contributed by atoms with Gasteiger partial charge in [-0.2, -0.15) is 0 Å². The van der Waals surface area contributed by atoms with Gasteiger partial charge in [-0.25, -0.2) is 0 Å². The van der Waals surface area contributed by atoms with Crippen molar-refractivity contribution in [2.45, 2.75) is 19.8 Å². The van der Waals surface area contributed by atoms with Gasteiger partial charge in [0.25, 0.3) is 5.91 Å². The number of aryl methyl sites for hydroxylation is 1. The fourth-order valence-electron chi connectivity index (χ4n) is 3.40. The molecule has 1 aromatic heterocycles. The van der Waals surface area contributed by atoms with Gasteiger partial charge in [0, 0.05) is 29.4 Å². The Bertz CT molecular complexity index is 1030. The molecule has 1 aliphatic heterocycles. The van der Waals surface area contributed by atoms with Crippen molar-refractivity contribution in [2.24, 2.45) is 0 Å². The minimum Gasteiger partial charge on any atom is -0.484 e. The molecule has 2 aromatic carbocycles. The van der Waals surface area contributed by atoms with Gasteiger partial charge in [-0.15, -0.1) is 10.2 Å². The molecule has 30 heavy (non-hydrogen) atoms. The smallest absolute Gasteiger partial charge is 0.262 e. The molecule has 0 atom stereocenters. The molecule has 1 fully saturated rings. The molecular formula is C23H23ClN4O2. The van der Waals surface area contributed by atoms with E-state index in [9.17, 15) is 4.79 Å². The van der Waals surface area contributed by atoms with Crippen molar-refractivity contribution in [3.63, 3.8) is 0 Å². The van der Waals surface area contributed by atoms with E-state index in [1.54, 1.807) is 18.2 Å². The molecule has 0 unspecified atom stereocenters. The Labute approximate surface area is 180 Å². The van der Waals surface area contributed by atoms with Gasteiger partial charge in [-0.05, 0) is 67.8 Å². The summed E-state index contributed by atoms with van der Waals surface area (Å²) in [7, 11) is 0. The fourth-order valence-corrected chi connectivity index (χ4v) is 3.52. The summed E-state index contributed by atoms with van der Waals surface area (Å²) in [5.74, 6) is 1.28. The van der Waals surface area contributed by atoms with E-state index in [0.717, 1.165) is 35.7 Å². The molecule has 0 saturated carbocycles. The first-order valence-corrected chi connectivity index (χ1v) is 10.3. The highest BCUT2D eigenvalue weighted by atomic mass is 35.5. The van der Waals surface area contributed by atoms with Crippen LogP contribution >= 0.6 is 11.6 Å². The van der Waals surface area contributed by atoms with E-state index in [4.69, 9.17) is 16.3 Å². The first kappa shape index (κ1) is 20.2. The zero-order valence-electron chi connectivity index (χ0n) is 16.8. The van der Waals surface area contributed by atoms with Crippen molar-refractivity contribution in [3.8, 4) is 17.0 Å². The van der Waals surface area contributed by atoms with Gasteiger partial charge in [0.15, 0.2) is 12.4 Å². The van der Waals surface area contributed by atoms with E-state index in [2.05, 4.69) is 20.4 Å². The Morgan fingerprint density at radius 2 is 1.93 bits per heavy atom. The molecular weight excluding hydrogens is 400 g/mol. The van der Waals surface area contributed by atoms with E-state index >= 15 is 0 Å². The number of aromatic nitrogens is 2. The standard InChI is InChI=1S/C23H23ClN4O2/c1-16-13-19(7-8-20(16)24)30-15-23(29)25-18-6-4-5-17(14-18)21-9-10-22(27-26-21)28-11-2-3-12-28/h4-10,13-14H,2-3,11-12,15H2,1H3,(H,25,29). The molecule has 3 aromatic rings. The quantitative estimate of drug-likeness (QED) is 0.622. The lowest BCUT2D eigenvalue weighted by Gasteiger charge is -2.15. The topological polar surface area (TPSA) is 67.3 Å². The summed E-state index contributed by atoms with van der Waals surface area (Å²) < 4.78 is 5.55. The average molecular weight is 423 g/mol. The van der Waals surface area contributed by atoms with Crippen LogP contribution in [0.1, 0.15) is 18.4 Å². The molecule has 0 radical (unpaired) electrons. The lowest BCUT2D eigenvalue weighted by molar-refractivity contribution is -0.118. The molecule has 0 spiro atoms. The van der Waals surface area contributed by atoms with Gasteiger partial charge in [0.1, 0.15) is 5.75 Å². The predicted octanol–water partition coefficient (Wildman–Crippen LogP) is 4.72. The second-order valence-corrected chi connectivity index (χ2v) is 7.71. The highest BCUT2D eigenvalue weighted by Crippen LogP contribution is 2.24. The zero-order chi connectivity index (χ0) is 20.9. The van der Waals surface area contributed by atoms with Crippen molar-refractivity contribution >= 4 is 29.0 Å². The Balaban J connectivity index is 1.37. The third kappa shape index (κ3) is 4.89. The normalized spacial score (nSPS) is 13.3. The van der Waals surface area contributed by atoms with Crippen molar-refractivity contribution in [3.05, 3.63) is 65.2 Å². The van der Waals surface area contributed by atoms with Crippen LogP contribution in [0.25, 0.3) is 11.3 Å². The maximum Gasteiger partial charge on any atom is 0.262 e. The molecule has 154 valence electrons. The number of amides is 1. The zero-order valence-corrected chi connectivity index (χ0v) is 17.5. The first-order chi connectivity index (χ1) is 14.6. The molecule has 1 amide bonds. The van der Waals surface area contributed by atoms with Crippen molar-refractivity contribution in [1.29, 1.82) is 0 Å². The largest absolute Gasteiger partial charge is 0.484 e. The number of hydrogen-bond acceptors (Lipinski definition) is 5. The van der Waals surface area contributed by atoms with E-state index in [1.807, 2.05) is 43.3 Å². The first-order valence-electron chi connectivity index (χ1n) is 9.96. The van der Waals surface area contributed by atoms with Gasteiger partial charge < -0.3 is 15.0 Å². The number of carbonyl (C=O) groups is 1. The van der Waals surface area contributed by atoms with Crippen LogP contribution in [0.5, 0.6) is 5.75 Å². The highest BCUT2D eigenvalue weighted by molar-refractivity contribution is 6.31. The summed E-state index contributed by atoms with van der Waals surface area (Å²) in [5, 5.41) is 12.3. The molecule has 0 bridgehead atoms. The Morgan fingerprint density at radius 3 is 2.67 bits per heavy atom. The molecule has 0 aliphatic carbocycles. The minimum atomic E-state index is -0.241. The molecule has 1 saturated heterocycles. The van der Waals surface area contributed by atoms with Gasteiger partial charge in [-0.3, -0.25) is 4.79 Å². The molecule has 6 nitrogen and oxygen atoms in total. The van der Waals surface area contributed by atoms with Crippen LogP contribution in [-0.2, 0) is 4.79 Å². The van der Waals surface area contributed by atoms with Crippen LogP contribution in [0.4, 0.5) is 11.5 Å². The number of ether oxygens (including phenoxy) is 1. The Hall–Kier alpha value is -3.12. The minimum absolute atomic E-state index is 0.0877. The summed E-state index contributed by atoms with van der Waals surface area (Å²) in [4.78, 5) is 14.5. The lowest BCUT2D eigenvalue weighted by atomic mass is 10.1. The molecule has 2 heterocycles. The van der Waals surface area contributed by atoms with Gasteiger partial charge in [0.2, 0.25) is 0 Å². The summed E-state index contributed by atoms with van der Waals surface area (Å²) >= 11 is 6.01. The van der Waals surface area contributed by atoms with Crippen LogP contribution in [-0.4, -0.2) is 35.8 Å². The van der Waals surface area contributed by atoms with Crippen LogP contribution in [0.2, 0.25) is 5.02 Å². The summed E-state index contributed by atoms with van der Waals surface area (Å²) in [6, 6.07) is 16.8. The van der Waals surface area contributed by atoms with Crippen molar-refractivity contribution in [2.75, 3.05) is 29.9 Å². The van der Waals surface area contributed by atoms with E-state index < -0.39 is 0 Å². The number of halogens is 1. The number of nitrogens with zero attached hydrogens (tertiary/aromatic N) is 3. The maximum absolute atomic E-state index is 12.3. The molecule has 1 aliphatic rings. The van der Waals surface area contributed by atoms with Crippen LogP contribution in [0.15, 0.2) is 54.6 Å². The highest BCUT2D eigenvalue weighted by Gasteiger charge is 2.14. The molecule has 4 rings (SSSR count). The fraction of sp³-hybridized carbons (Fsp3) is 0.261. The number of hydrogen-bond donors (Lipinski definition) is 1. The summed E-state index contributed by atoms with van der Waals surface area (Å²) in [5.41, 5.74) is 3.24. The van der Waals surface area contributed by atoms with Crippen molar-refractivity contribution in [1.82, 2.24) is 10.2 Å². The number of carbonyl (C=O) groups excluding carboxylic acids is 1. The number of anilines is 2. The predicted molar refractivity (Wildman–Crippen MR) is 119 cm³/mol. The van der Waals surface area contributed by atoms with Crippen LogP contribution < -0.4 is 15.0 Å². The van der Waals surface area contributed by atoms with Crippen LogP contribution in [0.3, 0.4) is 0 Å². The average Bonchev–Trinajstić information content (AvgIpc) is 3.30. The summed E-state index contributed by atoms with van der Waals surface area (Å²) in [6.45, 7) is 3.87. The lowest BCUT2D eigenvalue weighted by Crippen LogP contribution is -2.20. The third-order valence-electron chi connectivity index (χ3n) is 5.02. The monoisotopic (exact) mass is 422 g/mol. The Morgan fingerprint density at radius 1 is 1.10 bits per heavy atom.